The number of aliphatic hydroxyl groups is 2. The first kappa shape index (κ1) is 22.8. The van der Waals surface area contributed by atoms with E-state index in [9.17, 15) is 10.2 Å². The molecule has 0 aromatic rings. The van der Waals surface area contributed by atoms with Crippen molar-refractivity contribution in [2.45, 2.75) is 110 Å². The van der Waals surface area contributed by atoms with E-state index in [-0.39, 0.29) is 6.10 Å². The van der Waals surface area contributed by atoms with Gasteiger partial charge in [0, 0.05) is 0 Å². The van der Waals surface area contributed by atoms with Crippen molar-refractivity contribution in [3.8, 4) is 0 Å². The first-order valence-corrected chi connectivity index (χ1v) is 12.1. The van der Waals surface area contributed by atoms with E-state index in [1.54, 1.807) is 5.57 Å². The zero-order chi connectivity index (χ0) is 21.2. The van der Waals surface area contributed by atoms with Gasteiger partial charge in [-0.2, -0.15) is 0 Å². The van der Waals surface area contributed by atoms with E-state index in [1.165, 1.54) is 44.1 Å². The predicted molar refractivity (Wildman–Crippen MR) is 123 cm³/mol. The van der Waals surface area contributed by atoms with Crippen molar-refractivity contribution in [2.75, 3.05) is 0 Å². The topological polar surface area (TPSA) is 40.5 Å². The molecule has 0 aliphatic heterocycles. The molecule has 0 aromatic heterocycles. The van der Waals surface area contributed by atoms with Gasteiger partial charge in [-0.3, -0.25) is 0 Å². The highest BCUT2D eigenvalue weighted by molar-refractivity contribution is 5.28. The Kier molecular flexibility index (Phi) is 7.16. The molecule has 0 saturated heterocycles. The molecule has 2 N–H and O–H groups in total. The Morgan fingerprint density at radius 3 is 2.66 bits per heavy atom. The number of hydrogen-bond donors (Lipinski definition) is 2. The van der Waals surface area contributed by atoms with Gasteiger partial charge in [-0.1, -0.05) is 56.6 Å². The summed E-state index contributed by atoms with van der Waals surface area (Å²) in [5.74, 6) is 2.29. The monoisotopic (exact) mass is 400 g/mol. The van der Waals surface area contributed by atoms with E-state index < -0.39 is 5.60 Å². The van der Waals surface area contributed by atoms with Gasteiger partial charge in [-0.25, -0.2) is 0 Å². The zero-order valence-electron chi connectivity index (χ0n) is 19.3. The van der Waals surface area contributed by atoms with Crippen LogP contribution in [0.5, 0.6) is 0 Å². The minimum Gasteiger partial charge on any atom is -0.390 e. The lowest BCUT2D eigenvalue weighted by atomic mass is 9.60. The minimum atomic E-state index is -0.533. The van der Waals surface area contributed by atoms with E-state index in [0.29, 0.717) is 5.41 Å². The number of aliphatic hydroxyl groups excluding tert-OH is 1. The lowest BCUT2D eigenvalue weighted by molar-refractivity contribution is 0.0596. The SMILES string of the molecule is C=C1CC/C(=C\C=C2/CCC[C@@]3(C)C2CCC3[C@@H](C)CCCC(C)(C)O)C[C@H]1O. The molecule has 0 radical (unpaired) electrons. The van der Waals surface area contributed by atoms with Crippen LogP contribution >= 0.6 is 0 Å². The Balaban J connectivity index is 1.65. The van der Waals surface area contributed by atoms with E-state index in [1.807, 2.05) is 13.8 Å². The molecule has 2 nitrogen and oxygen atoms in total. The maximum atomic E-state index is 10.1. The molecule has 164 valence electrons. The Hall–Kier alpha value is -0.860. The summed E-state index contributed by atoms with van der Waals surface area (Å²) in [5, 5.41) is 20.1. The van der Waals surface area contributed by atoms with Gasteiger partial charge in [0.05, 0.1) is 11.7 Å². The first-order valence-electron chi connectivity index (χ1n) is 12.1. The second kappa shape index (κ2) is 9.10. The van der Waals surface area contributed by atoms with Crippen molar-refractivity contribution in [3.05, 3.63) is 35.5 Å². The van der Waals surface area contributed by atoms with Crippen LogP contribution in [0.1, 0.15) is 98.3 Å². The van der Waals surface area contributed by atoms with E-state index >= 15 is 0 Å². The van der Waals surface area contributed by atoms with Crippen LogP contribution in [0.2, 0.25) is 0 Å². The standard InChI is InChI=1S/C27H44O2/c1-19(8-6-16-26(3,4)29)23-14-15-24-22(9-7-17-27(23,24)5)13-12-21-11-10-20(2)25(28)18-21/h12-13,19,23-25,28-29H,2,6-11,14-18H2,1,3-5H3/b21-12+,22-13+/t19-,23?,24?,25+,27+/m0/s1. The van der Waals surface area contributed by atoms with Crippen molar-refractivity contribution in [1.29, 1.82) is 0 Å². The normalized spacial score (nSPS) is 37.2. The summed E-state index contributed by atoms with van der Waals surface area (Å²) >= 11 is 0. The Bertz CT molecular complexity index is 650. The molecule has 3 aliphatic rings. The summed E-state index contributed by atoms with van der Waals surface area (Å²) < 4.78 is 0. The Labute approximate surface area is 179 Å². The summed E-state index contributed by atoms with van der Waals surface area (Å²) in [4.78, 5) is 0. The highest BCUT2D eigenvalue weighted by Gasteiger charge is 2.50. The fourth-order valence-electron chi connectivity index (χ4n) is 6.63. The van der Waals surface area contributed by atoms with Crippen LogP contribution < -0.4 is 0 Å². The fourth-order valence-corrected chi connectivity index (χ4v) is 6.63. The number of rotatable bonds is 6. The van der Waals surface area contributed by atoms with Crippen LogP contribution in [0.25, 0.3) is 0 Å². The molecule has 0 aromatic carbocycles. The molecule has 2 unspecified atom stereocenters. The third kappa shape index (κ3) is 5.44. The van der Waals surface area contributed by atoms with Crippen LogP contribution in [-0.2, 0) is 0 Å². The van der Waals surface area contributed by atoms with Crippen LogP contribution in [0.3, 0.4) is 0 Å². The van der Waals surface area contributed by atoms with Crippen molar-refractivity contribution in [2.24, 2.45) is 23.2 Å². The van der Waals surface area contributed by atoms with Gasteiger partial charge in [0.15, 0.2) is 0 Å². The van der Waals surface area contributed by atoms with Crippen molar-refractivity contribution in [1.82, 2.24) is 0 Å². The zero-order valence-corrected chi connectivity index (χ0v) is 19.3. The number of allylic oxidation sites excluding steroid dienone is 3. The number of fused-ring (bicyclic) bond motifs is 1. The average Bonchev–Trinajstić information content (AvgIpc) is 2.99. The van der Waals surface area contributed by atoms with E-state index in [4.69, 9.17) is 0 Å². The average molecular weight is 401 g/mol. The third-order valence-electron chi connectivity index (χ3n) is 8.40. The maximum Gasteiger partial charge on any atom is 0.0784 e. The largest absolute Gasteiger partial charge is 0.390 e. The molecule has 29 heavy (non-hydrogen) atoms. The van der Waals surface area contributed by atoms with Gasteiger partial charge in [0.1, 0.15) is 0 Å². The highest BCUT2D eigenvalue weighted by Crippen LogP contribution is 2.59. The van der Waals surface area contributed by atoms with Crippen molar-refractivity contribution >= 4 is 0 Å². The molecule has 0 bridgehead atoms. The van der Waals surface area contributed by atoms with Crippen molar-refractivity contribution in [3.63, 3.8) is 0 Å². The number of hydrogen-bond acceptors (Lipinski definition) is 2. The lowest BCUT2D eigenvalue weighted by Crippen LogP contribution is -2.36. The van der Waals surface area contributed by atoms with Gasteiger partial charge in [0.25, 0.3) is 0 Å². The maximum absolute atomic E-state index is 10.1. The summed E-state index contributed by atoms with van der Waals surface area (Å²) in [6, 6.07) is 0. The highest BCUT2D eigenvalue weighted by atomic mass is 16.3. The second-order valence-electron chi connectivity index (χ2n) is 11.2. The molecular weight excluding hydrogens is 356 g/mol. The fraction of sp³-hybridized carbons (Fsp3) is 0.778. The second-order valence-corrected chi connectivity index (χ2v) is 11.2. The summed E-state index contributed by atoms with van der Waals surface area (Å²) in [7, 11) is 0. The van der Waals surface area contributed by atoms with Gasteiger partial charge in [-0.05, 0) is 100 Å². The first-order chi connectivity index (χ1) is 13.6. The third-order valence-corrected chi connectivity index (χ3v) is 8.40. The van der Waals surface area contributed by atoms with E-state index in [2.05, 4.69) is 32.6 Å². The van der Waals surface area contributed by atoms with Gasteiger partial charge in [0.2, 0.25) is 0 Å². The van der Waals surface area contributed by atoms with Gasteiger partial charge in [-0.15, -0.1) is 0 Å². The summed E-state index contributed by atoms with van der Waals surface area (Å²) in [6.07, 6.45) is 17.1. The molecule has 0 heterocycles. The Morgan fingerprint density at radius 1 is 1.21 bits per heavy atom. The quantitative estimate of drug-likeness (QED) is 0.485. The van der Waals surface area contributed by atoms with Crippen LogP contribution in [-0.4, -0.2) is 21.9 Å². The van der Waals surface area contributed by atoms with Crippen LogP contribution in [0, 0.1) is 23.2 Å². The van der Waals surface area contributed by atoms with Crippen molar-refractivity contribution < 1.29 is 10.2 Å². The molecular formula is C27H44O2. The molecule has 3 rings (SSSR count). The molecule has 3 aliphatic carbocycles. The van der Waals surface area contributed by atoms with Crippen LogP contribution in [0.4, 0.5) is 0 Å². The molecule has 5 atom stereocenters. The van der Waals surface area contributed by atoms with Gasteiger partial charge < -0.3 is 10.2 Å². The molecule has 3 fully saturated rings. The van der Waals surface area contributed by atoms with Crippen LogP contribution in [0.15, 0.2) is 35.5 Å². The summed E-state index contributed by atoms with van der Waals surface area (Å²) in [5.41, 5.74) is 3.96. The summed E-state index contributed by atoms with van der Waals surface area (Å²) in [6.45, 7) is 12.9. The smallest absolute Gasteiger partial charge is 0.0784 e. The lowest BCUT2D eigenvalue weighted by Gasteiger charge is -2.44. The molecule has 2 heteroatoms. The Morgan fingerprint density at radius 2 is 1.97 bits per heavy atom. The minimum absolute atomic E-state index is 0.342. The molecule has 3 saturated carbocycles. The van der Waals surface area contributed by atoms with Gasteiger partial charge >= 0.3 is 0 Å². The molecule has 0 amide bonds. The van der Waals surface area contributed by atoms with E-state index in [0.717, 1.165) is 55.4 Å². The molecule has 0 spiro atoms. The predicted octanol–water partition coefficient (Wildman–Crippen LogP) is 6.73.